The Morgan fingerprint density at radius 3 is 1.31 bits per heavy atom. The molecule has 0 amide bonds. The molecule has 0 aromatic heterocycles. The van der Waals surface area contributed by atoms with E-state index in [9.17, 15) is 10.2 Å². The zero-order valence-corrected chi connectivity index (χ0v) is 18.5. The number of hydrogen-bond donors (Lipinski definition) is 2. The average Bonchev–Trinajstić information content (AvgIpc) is 2.81. The zero-order valence-electron chi connectivity index (χ0n) is 18.5. The summed E-state index contributed by atoms with van der Waals surface area (Å²) in [6, 6.07) is 0. The van der Waals surface area contributed by atoms with E-state index in [0.29, 0.717) is 0 Å². The highest BCUT2D eigenvalue weighted by atomic mass is 17.2. The minimum Gasteiger partial charge on any atom is -0.393 e. The molecule has 0 aliphatic rings. The summed E-state index contributed by atoms with van der Waals surface area (Å²) >= 11 is 0. The Labute approximate surface area is 189 Å². The van der Waals surface area contributed by atoms with Crippen LogP contribution in [0.3, 0.4) is 0 Å². The third-order valence-corrected chi connectivity index (χ3v) is 3.67. The van der Waals surface area contributed by atoms with E-state index in [2.05, 4.69) is 26.3 Å². The molecule has 0 aromatic rings. The zero-order chi connectivity index (χ0) is 24.0. The highest BCUT2D eigenvalue weighted by Gasteiger charge is 2.38. The van der Waals surface area contributed by atoms with Crippen molar-refractivity contribution in [3.63, 3.8) is 0 Å². The summed E-state index contributed by atoms with van der Waals surface area (Å²) in [5.74, 6) is 0. The maximum absolute atomic E-state index is 9.67. The monoisotopic (exact) mass is 464 g/mol. The molecule has 0 saturated heterocycles. The summed E-state index contributed by atoms with van der Waals surface area (Å²) in [4.78, 5) is 40.8. The summed E-state index contributed by atoms with van der Waals surface area (Å²) in [6.07, 6.45) is 6.00. The van der Waals surface area contributed by atoms with Gasteiger partial charge in [-0.15, -0.1) is 26.3 Å². The van der Waals surface area contributed by atoms with Gasteiger partial charge in [-0.2, -0.15) is 0 Å². The van der Waals surface area contributed by atoms with Gasteiger partial charge in [0, 0.05) is 0 Å². The molecule has 0 aliphatic heterocycles. The standard InChI is InChI=1S/C21H36O11/c1-5-9-25-29-16-20(17-30-26-10-6-2,18-31-27-11-7-3)15-24-19-21(13-22,14-23)32-28-12-8-4/h5-8,22-23H,1-4,9-19H2. The van der Waals surface area contributed by atoms with Gasteiger partial charge in [0.15, 0.2) is 5.60 Å². The topological polar surface area (TPSA) is 124 Å². The number of rotatable bonds is 25. The SMILES string of the molecule is C=CCOOCC(COCC(CO)(CO)OOCC=C)(COOCC=C)COOCC=C. The van der Waals surface area contributed by atoms with Crippen LogP contribution >= 0.6 is 0 Å². The van der Waals surface area contributed by atoms with Crippen molar-refractivity contribution in [2.24, 2.45) is 5.41 Å². The van der Waals surface area contributed by atoms with Crippen LogP contribution in [-0.4, -0.2) is 88.5 Å². The minimum atomic E-state index is -1.50. The molecule has 0 aliphatic carbocycles. The highest BCUT2D eigenvalue weighted by Crippen LogP contribution is 2.23. The van der Waals surface area contributed by atoms with E-state index in [4.69, 9.17) is 43.8 Å². The van der Waals surface area contributed by atoms with Gasteiger partial charge in [-0.1, -0.05) is 24.3 Å². The van der Waals surface area contributed by atoms with Gasteiger partial charge in [0.2, 0.25) is 0 Å². The van der Waals surface area contributed by atoms with Crippen molar-refractivity contribution in [2.75, 3.05) is 72.7 Å². The first-order valence-corrected chi connectivity index (χ1v) is 9.84. The van der Waals surface area contributed by atoms with Gasteiger partial charge >= 0.3 is 0 Å². The smallest absolute Gasteiger partial charge is 0.172 e. The lowest BCUT2D eigenvalue weighted by Gasteiger charge is -2.33. The molecule has 0 atom stereocenters. The van der Waals surface area contributed by atoms with E-state index in [0.717, 1.165) is 0 Å². The van der Waals surface area contributed by atoms with Crippen LogP contribution in [0.25, 0.3) is 0 Å². The summed E-state index contributed by atoms with van der Waals surface area (Å²) in [7, 11) is 0. The Hall–Kier alpha value is -1.48. The van der Waals surface area contributed by atoms with E-state index < -0.39 is 24.2 Å². The Kier molecular flexibility index (Phi) is 19.2. The molecule has 32 heavy (non-hydrogen) atoms. The molecule has 0 rings (SSSR count). The van der Waals surface area contributed by atoms with Crippen LogP contribution in [0.5, 0.6) is 0 Å². The molecule has 2 N–H and O–H groups in total. The van der Waals surface area contributed by atoms with Gasteiger partial charge in [-0.25, -0.2) is 39.1 Å². The Morgan fingerprint density at radius 1 is 0.531 bits per heavy atom. The summed E-state index contributed by atoms with van der Waals surface area (Å²) in [5, 5.41) is 19.3. The molecule has 0 bridgehead atoms. The molecule has 0 spiro atoms. The van der Waals surface area contributed by atoms with Crippen LogP contribution in [0.4, 0.5) is 0 Å². The number of hydrogen-bond acceptors (Lipinski definition) is 11. The van der Waals surface area contributed by atoms with Crippen molar-refractivity contribution < 1.29 is 54.1 Å². The Morgan fingerprint density at radius 2 is 0.938 bits per heavy atom. The lowest BCUT2D eigenvalue weighted by atomic mass is 9.92. The number of aliphatic hydroxyl groups is 2. The third-order valence-electron chi connectivity index (χ3n) is 3.67. The number of aliphatic hydroxyl groups excluding tert-OH is 2. The van der Waals surface area contributed by atoms with E-state index in [1.807, 2.05) is 0 Å². The van der Waals surface area contributed by atoms with Gasteiger partial charge in [-0.05, 0) is 0 Å². The molecule has 0 heterocycles. The molecule has 0 radical (unpaired) electrons. The molecule has 11 heteroatoms. The normalized spacial score (nSPS) is 11.9. The van der Waals surface area contributed by atoms with Crippen molar-refractivity contribution in [3.8, 4) is 0 Å². The Bertz CT molecular complexity index is 453. The molecule has 0 unspecified atom stereocenters. The molecule has 11 nitrogen and oxygen atoms in total. The molecular weight excluding hydrogens is 428 g/mol. The second kappa shape index (κ2) is 20.1. The fourth-order valence-electron chi connectivity index (χ4n) is 1.92. The van der Waals surface area contributed by atoms with Gasteiger partial charge < -0.3 is 14.9 Å². The lowest BCUT2D eigenvalue weighted by molar-refractivity contribution is -0.382. The van der Waals surface area contributed by atoms with Crippen LogP contribution in [0.2, 0.25) is 0 Å². The molecule has 0 saturated carbocycles. The lowest BCUT2D eigenvalue weighted by Crippen LogP contribution is -2.48. The van der Waals surface area contributed by atoms with E-state index in [1.54, 1.807) is 0 Å². The summed E-state index contributed by atoms with van der Waals surface area (Å²) < 4.78 is 5.73. The average molecular weight is 465 g/mol. The van der Waals surface area contributed by atoms with Crippen LogP contribution in [0.15, 0.2) is 50.6 Å². The van der Waals surface area contributed by atoms with Crippen molar-refractivity contribution >= 4 is 0 Å². The molecule has 186 valence electrons. The third kappa shape index (κ3) is 13.8. The van der Waals surface area contributed by atoms with Crippen molar-refractivity contribution in [3.05, 3.63) is 50.6 Å². The van der Waals surface area contributed by atoms with E-state index >= 15 is 0 Å². The van der Waals surface area contributed by atoms with Crippen molar-refractivity contribution in [2.45, 2.75) is 5.60 Å². The van der Waals surface area contributed by atoms with Gasteiger partial charge in [0.25, 0.3) is 0 Å². The first-order chi connectivity index (χ1) is 15.6. The largest absolute Gasteiger partial charge is 0.393 e. The first kappa shape index (κ1) is 30.5. The van der Waals surface area contributed by atoms with E-state index in [1.165, 1.54) is 24.3 Å². The van der Waals surface area contributed by atoms with Crippen molar-refractivity contribution in [1.29, 1.82) is 0 Å². The van der Waals surface area contributed by atoms with Crippen LogP contribution in [0.1, 0.15) is 0 Å². The second-order valence-corrected chi connectivity index (χ2v) is 6.65. The quantitative estimate of drug-likeness (QED) is 0.0878. The predicted octanol–water partition coefficient (Wildman–Crippen LogP) is 1.25. The van der Waals surface area contributed by atoms with Crippen LogP contribution < -0.4 is 0 Å². The van der Waals surface area contributed by atoms with Gasteiger partial charge in [-0.3, -0.25) is 0 Å². The fraction of sp³-hybridized carbons (Fsp3) is 0.619. The van der Waals surface area contributed by atoms with E-state index in [-0.39, 0.29) is 59.5 Å². The predicted molar refractivity (Wildman–Crippen MR) is 114 cm³/mol. The van der Waals surface area contributed by atoms with Crippen molar-refractivity contribution in [1.82, 2.24) is 0 Å². The Balaban J connectivity index is 5.22. The highest BCUT2D eigenvalue weighted by molar-refractivity contribution is 4.82. The van der Waals surface area contributed by atoms with Gasteiger partial charge in [0.1, 0.15) is 26.4 Å². The maximum atomic E-state index is 9.67. The second-order valence-electron chi connectivity index (χ2n) is 6.65. The number of ether oxygens (including phenoxy) is 1. The van der Waals surface area contributed by atoms with Crippen LogP contribution in [-0.2, 0) is 43.8 Å². The molecular formula is C21H36O11. The summed E-state index contributed by atoms with van der Waals surface area (Å²) in [6.45, 7) is 13.1. The molecule has 0 aromatic carbocycles. The summed E-state index contributed by atoms with van der Waals surface area (Å²) in [5.41, 5.74) is -2.49. The first-order valence-electron chi connectivity index (χ1n) is 9.84. The van der Waals surface area contributed by atoms with Gasteiger partial charge in [0.05, 0.1) is 51.7 Å². The molecule has 0 fully saturated rings. The fourth-order valence-corrected chi connectivity index (χ4v) is 1.92. The maximum Gasteiger partial charge on any atom is 0.172 e. The minimum absolute atomic E-state index is 0.0468. The van der Waals surface area contributed by atoms with Crippen LogP contribution in [0, 0.1) is 5.41 Å².